The zero-order valence-electron chi connectivity index (χ0n) is 15.2. The van der Waals surface area contributed by atoms with Crippen LogP contribution in [0.2, 0.25) is 0 Å². The van der Waals surface area contributed by atoms with E-state index in [9.17, 15) is 4.79 Å². The molecule has 4 rings (SSSR count). The van der Waals surface area contributed by atoms with E-state index in [0.717, 1.165) is 17.5 Å². The molecule has 1 aliphatic rings. The number of hydrazone groups is 1. The predicted octanol–water partition coefficient (Wildman–Crippen LogP) is 1.78. The molecule has 0 radical (unpaired) electrons. The van der Waals surface area contributed by atoms with Crippen molar-refractivity contribution in [3.05, 3.63) is 53.6 Å². The van der Waals surface area contributed by atoms with Crippen LogP contribution in [-0.4, -0.2) is 39.1 Å². The van der Waals surface area contributed by atoms with Crippen LogP contribution in [-0.2, 0) is 17.8 Å². The highest BCUT2D eigenvalue weighted by molar-refractivity contribution is 5.82. The molecule has 1 amide bonds. The highest BCUT2D eigenvalue weighted by atomic mass is 16.7. The highest BCUT2D eigenvalue weighted by Crippen LogP contribution is 2.35. The van der Waals surface area contributed by atoms with E-state index in [-0.39, 0.29) is 19.2 Å². The van der Waals surface area contributed by atoms with E-state index in [1.807, 2.05) is 30.3 Å². The molecule has 0 fully saturated rings. The van der Waals surface area contributed by atoms with E-state index in [1.54, 1.807) is 18.3 Å². The van der Waals surface area contributed by atoms with Gasteiger partial charge in [0.1, 0.15) is 6.54 Å². The van der Waals surface area contributed by atoms with Crippen molar-refractivity contribution < 1.29 is 14.3 Å². The van der Waals surface area contributed by atoms with Gasteiger partial charge >= 0.3 is 0 Å². The monoisotopic (exact) mass is 378 g/mol. The Kier molecular flexibility index (Phi) is 4.96. The summed E-state index contributed by atoms with van der Waals surface area (Å²) in [6.07, 6.45) is 2.57. The third kappa shape index (κ3) is 3.83. The summed E-state index contributed by atoms with van der Waals surface area (Å²) in [7, 11) is 0. The van der Waals surface area contributed by atoms with Crippen molar-refractivity contribution in [2.24, 2.45) is 5.10 Å². The number of hydrogen-bond donors (Lipinski definition) is 1. The number of nitrogens with one attached hydrogen (secondary N) is 1. The molecule has 2 heterocycles. The molecule has 0 unspecified atom stereocenters. The van der Waals surface area contributed by atoms with Crippen LogP contribution in [0.3, 0.4) is 0 Å². The predicted molar refractivity (Wildman–Crippen MR) is 101 cm³/mol. The van der Waals surface area contributed by atoms with Crippen molar-refractivity contribution in [1.29, 1.82) is 0 Å². The first kappa shape index (κ1) is 17.7. The molecule has 0 bridgehead atoms. The van der Waals surface area contributed by atoms with E-state index in [4.69, 9.17) is 9.47 Å². The van der Waals surface area contributed by atoms with E-state index >= 15 is 0 Å². The minimum Gasteiger partial charge on any atom is -0.454 e. The zero-order chi connectivity index (χ0) is 19.3. The summed E-state index contributed by atoms with van der Waals surface area (Å²) in [5.74, 6) is 1.40. The number of carbonyl (C=O) groups excluding carboxylic acids is 1. The first-order valence-corrected chi connectivity index (χ1v) is 8.80. The van der Waals surface area contributed by atoms with E-state index in [1.165, 1.54) is 10.2 Å². The minimum atomic E-state index is -0.337. The maximum absolute atomic E-state index is 12.2. The summed E-state index contributed by atoms with van der Waals surface area (Å²) >= 11 is 0. The fraction of sp³-hybridized carbons (Fsp3) is 0.211. The molecule has 0 atom stereocenters. The van der Waals surface area contributed by atoms with Crippen LogP contribution in [0.25, 0.3) is 11.4 Å². The Morgan fingerprint density at radius 1 is 1.21 bits per heavy atom. The van der Waals surface area contributed by atoms with Gasteiger partial charge in [0.25, 0.3) is 5.91 Å². The standard InChI is InChI=1S/C19H18N6O3/c1-2-13-3-5-14(6-4-13)10-20-21-18(26)11-25-19(22-23-24-25)15-7-8-16-17(9-15)28-12-27-16/h3-10H,2,11-12H2,1H3,(H,21,26)/b20-10+. The second-order valence-electron chi connectivity index (χ2n) is 6.12. The lowest BCUT2D eigenvalue weighted by Gasteiger charge is -2.05. The molecular weight excluding hydrogens is 360 g/mol. The maximum Gasteiger partial charge on any atom is 0.261 e. The summed E-state index contributed by atoms with van der Waals surface area (Å²) in [5.41, 5.74) is 5.36. The summed E-state index contributed by atoms with van der Waals surface area (Å²) in [6.45, 7) is 2.22. The SMILES string of the molecule is CCc1ccc(/C=N/NC(=O)Cn2nnnc2-c2ccc3c(c2)OCO3)cc1. The molecule has 9 heteroatoms. The molecule has 1 N–H and O–H groups in total. The van der Waals surface area contributed by atoms with Gasteiger partial charge in [-0.15, -0.1) is 5.10 Å². The van der Waals surface area contributed by atoms with Crippen LogP contribution in [0, 0.1) is 0 Å². The van der Waals surface area contributed by atoms with Crippen LogP contribution >= 0.6 is 0 Å². The number of rotatable bonds is 6. The number of hydrogen-bond acceptors (Lipinski definition) is 7. The van der Waals surface area contributed by atoms with Crippen LogP contribution in [0.1, 0.15) is 18.1 Å². The highest BCUT2D eigenvalue weighted by Gasteiger charge is 2.17. The molecule has 9 nitrogen and oxygen atoms in total. The summed E-state index contributed by atoms with van der Waals surface area (Å²) in [5, 5.41) is 15.5. The van der Waals surface area contributed by atoms with Crippen molar-refractivity contribution in [2.75, 3.05) is 6.79 Å². The number of aromatic nitrogens is 4. The maximum atomic E-state index is 12.2. The molecule has 142 valence electrons. The second kappa shape index (κ2) is 7.87. The van der Waals surface area contributed by atoms with Crippen molar-refractivity contribution in [3.63, 3.8) is 0 Å². The van der Waals surface area contributed by atoms with Gasteiger partial charge in [0, 0.05) is 5.56 Å². The Hall–Kier alpha value is -3.75. The largest absolute Gasteiger partial charge is 0.454 e. The Morgan fingerprint density at radius 3 is 2.86 bits per heavy atom. The molecule has 0 saturated carbocycles. The molecule has 1 aromatic heterocycles. The van der Waals surface area contributed by atoms with Crippen molar-refractivity contribution in [1.82, 2.24) is 25.6 Å². The number of nitrogens with zero attached hydrogens (tertiary/aromatic N) is 5. The summed E-state index contributed by atoms with van der Waals surface area (Å²) < 4.78 is 12.1. The van der Waals surface area contributed by atoms with Gasteiger partial charge in [0.15, 0.2) is 17.3 Å². The third-order valence-corrected chi connectivity index (χ3v) is 4.25. The van der Waals surface area contributed by atoms with Gasteiger partial charge in [-0.05, 0) is 46.2 Å². The van der Waals surface area contributed by atoms with E-state index < -0.39 is 0 Å². The van der Waals surface area contributed by atoms with E-state index in [2.05, 4.69) is 33.0 Å². The Balaban J connectivity index is 1.40. The fourth-order valence-electron chi connectivity index (χ4n) is 2.74. The van der Waals surface area contributed by atoms with Crippen LogP contribution in [0.15, 0.2) is 47.6 Å². The van der Waals surface area contributed by atoms with Gasteiger partial charge in [-0.2, -0.15) is 5.10 Å². The molecule has 2 aromatic carbocycles. The molecule has 3 aromatic rings. The number of carbonyl (C=O) groups is 1. The van der Waals surface area contributed by atoms with Crippen LogP contribution in [0.4, 0.5) is 0 Å². The lowest BCUT2D eigenvalue weighted by Crippen LogP contribution is -2.24. The summed E-state index contributed by atoms with van der Waals surface area (Å²) in [4.78, 5) is 12.2. The molecular formula is C19H18N6O3. The molecule has 0 spiro atoms. The quantitative estimate of drug-likeness (QED) is 0.518. The Labute approximate surface area is 161 Å². The first-order valence-electron chi connectivity index (χ1n) is 8.80. The Bertz CT molecular complexity index is 1010. The van der Waals surface area contributed by atoms with Crippen LogP contribution in [0.5, 0.6) is 11.5 Å². The molecule has 28 heavy (non-hydrogen) atoms. The average Bonchev–Trinajstić information content (AvgIpc) is 3.37. The third-order valence-electron chi connectivity index (χ3n) is 4.25. The minimum absolute atomic E-state index is 0.0666. The van der Waals surface area contributed by atoms with Gasteiger partial charge in [0.05, 0.1) is 6.21 Å². The normalized spacial score (nSPS) is 12.5. The smallest absolute Gasteiger partial charge is 0.261 e. The topological polar surface area (TPSA) is 104 Å². The lowest BCUT2D eigenvalue weighted by molar-refractivity contribution is -0.121. The first-order chi connectivity index (χ1) is 13.7. The number of ether oxygens (including phenoxy) is 2. The number of benzene rings is 2. The van der Waals surface area contributed by atoms with Gasteiger partial charge in [-0.25, -0.2) is 10.1 Å². The number of aryl methyl sites for hydroxylation is 1. The number of fused-ring (bicyclic) bond motifs is 1. The number of amides is 1. The van der Waals surface area contributed by atoms with Crippen molar-refractivity contribution in [2.45, 2.75) is 19.9 Å². The zero-order valence-corrected chi connectivity index (χ0v) is 15.2. The lowest BCUT2D eigenvalue weighted by atomic mass is 10.1. The molecule has 0 aliphatic carbocycles. The Morgan fingerprint density at radius 2 is 2.04 bits per heavy atom. The number of tetrazole rings is 1. The van der Waals surface area contributed by atoms with Crippen LogP contribution < -0.4 is 14.9 Å². The second-order valence-corrected chi connectivity index (χ2v) is 6.12. The van der Waals surface area contributed by atoms with Gasteiger partial charge in [-0.3, -0.25) is 4.79 Å². The average molecular weight is 378 g/mol. The summed E-state index contributed by atoms with van der Waals surface area (Å²) in [6, 6.07) is 13.3. The van der Waals surface area contributed by atoms with E-state index in [0.29, 0.717) is 17.3 Å². The van der Waals surface area contributed by atoms with Crippen molar-refractivity contribution in [3.8, 4) is 22.9 Å². The fourth-order valence-corrected chi connectivity index (χ4v) is 2.74. The van der Waals surface area contributed by atoms with Gasteiger partial charge in [0.2, 0.25) is 6.79 Å². The molecule has 1 aliphatic heterocycles. The van der Waals surface area contributed by atoms with Crippen molar-refractivity contribution >= 4 is 12.1 Å². The van der Waals surface area contributed by atoms with Gasteiger partial charge in [-0.1, -0.05) is 31.2 Å². The molecule has 0 saturated heterocycles. The van der Waals surface area contributed by atoms with Gasteiger partial charge < -0.3 is 9.47 Å².